The lowest BCUT2D eigenvalue weighted by molar-refractivity contribution is 0.0915. The minimum absolute atomic E-state index is 0.532. The molecule has 50 valence electrons. The third kappa shape index (κ3) is 2.26. The number of alkyl halides is 1. The molecule has 1 aliphatic rings. The van der Waals surface area contributed by atoms with Gasteiger partial charge in [0, 0.05) is 13.1 Å². The number of halogens is 1. The monoisotopic (exact) mass is 119 g/mol. The molecule has 0 atom stereocenters. The molecule has 8 heavy (non-hydrogen) atoms. The highest BCUT2D eigenvalue weighted by Gasteiger charge is 2.21. The zero-order valence-electron chi connectivity index (χ0n) is 5.82. The first-order valence-electron chi connectivity index (χ1n) is 3.11. The first-order valence-corrected chi connectivity index (χ1v) is 3.11. The fourth-order valence-corrected chi connectivity index (χ4v) is 0.623. The predicted octanol–water partition coefficient (Wildman–Crippen LogP) is 1.30. The molecule has 1 nitrogen and oxygen atoms in total. The quantitative estimate of drug-likeness (QED) is 0.464. The van der Waals surface area contributed by atoms with Crippen LogP contribution in [0, 0.1) is 0 Å². The van der Waals surface area contributed by atoms with Crippen molar-refractivity contribution >= 4 is 0 Å². The molecule has 0 aromatic heterocycles. The second-order valence-electron chi connectivity index (χ2n) is 1.82. The van der Waals surface area contributed by atoms with Gasteiger partial charge >= 0.3 is 0 Å². The molecule has 1 saturated heterocycles. The molecule has 0 aromatic carbocycles. The van der Waals surface area contributed by atoms with Gasteiger partial charge in [0.2, 0.25) is 0 Å². The van der Waals surface area contributed by atoms with E-state index in [9.17, 15) is 4.39 Å². The molecule has 0 amide bonds. The molecule has 0 N–H and O–H groups in total. The van der Waals surface area contributed by atoms with Crippen LogP contribution in [0.5, 0.6) is 0 Å². The molecule has 0 radical (unpaired) electrons. The van der Waals surface area contributed by atoms with E-state index in [-0.39, 0.29) is 0 Å². The van der Waals surface area contributed by atoms with Gasteiger partial charge in [-0.15, -0.1) is 0 Å². The average Bonchev–Trinajstić information content (AvgIpc) is 1.70. The average molecular weight is 119 g/mol. The van der Waals surface area contributed by atoms with E-state index in [4.69, 9.17) is 0 Å². The van der Waals surface area contributed by atoms with Crippen molar-refractivity contribution in [1.82, 2.24) is 4.90 Å². The van der Waals surface area contributed by atoms with E-state index < -0.39 is 6.17 Å². The summed E-state index contributed by atoms with van der Waals surface area (Å²) in [6, 6.07) is 0. The SMILES string of the molecule is CC.CN1CC(F)C1. The highest BCUT2D eigenvalue weighted by atomic mass is 19.1. The summed E-state index contributed by atoms with van der Waals surface area (Å²) in [6.45, 7) is 5.28. The zero-order valence-corrected chi connectivity index (χ0v) is 5.82. The number of likely N-dealkylation sites (tertiary alicyclic amines) is 1. The standard InChI is InChI=1S/C4H8FN.C2H6/c1-6-2-4(5)3-6;1-2/h4H,2-3H2,1H3;1-2H3. The molecule has 0 saturated carbocycles. The maximum Gasteiger partial charge on any atom is 0.125 e. The van der Waals surface area contributed by atoms with Crippen LogP contribution in [-0.2, 0) is 0 Å². The van der Waals surface area contributed by atoms with Crippen LogP contribution < -0.4 is 0 Å². The summed E-state index contributed by atoms with van der Waals surface area (Å²) in [5.74, 6) is 0. The Kier molecular flexibility index (Phi) is 3.79. The maximum absolute atomic E-state index is 11.7. The molecule has 1 aliphatic heterocycles. The second-order valence-corrected chi connectivity index (χ2v) is 1.82. The summed E-state index contributed by atoms with van der Waals surface area (Å²) in [6.07, 6.45) is -0.532. The predicted molar refractivity (Wildman–Crippen MR) is 33.7 cm³/mol. The van der Waals surface area contributed by atoms with Gasteiger partial charge in [-0.1, -0.05) is 13.8 Å². The Morgan fingerprint density at radius 2 is 1.75 bits per heavy atom. The Morgan fingerprint density at radius 1 is 1.38 bits per heavy atom. The van der Waals surface area contributed by atoms with Crippen molar-refractivity contribution in [2.24, 2.45) is 0 Å². The Bertz CT molecular complexity index is 44.5. The zero-order chi connectivity index (χ0) is 6.57. The molecule has 0 bridgehead atoms. The van der Waals surface area contributed by atoms with Gasteiger partial charge in [-0.3, -0.25) is 0 Å². The van der Waals surface area contributed by atoms with Gasteiger partial charge in [-0.05, 0) is 7.05 Å². The van der Waals surface area contributed by atoms with E-state index in [1.807, 2.05) is 25.8 Å². The van der Waals surface area contributed by atoms with E-state index in [0.29, 0.717) is 13.1 Å². The van der Waals surface area contributed by atoms with Crippen molar-refractivity contribution in [3.63, 3.8) is 0 Å². The van der Waals surface area contributed by atoms with E-state index in [1.165, 1.54) is 0 Å². The van der Waals surface area contributed by atoms with Crippen LogP contribution in [0.2, 0.25) is 0 Å². The van der Waals surface area contributed by atoms with Crippen LogP contribution in [0.25, 0.3) is 0 Å². The van der Waals surface area contributed by atoms with Crippen LogP contribution in [0.1, 0.15) is 13.8 Å². The molecule has 0 aliphatic carbocycles. The Morgan fingerprint density at radius 3 is 1.75 bits per heavy atom. The van der Waals surface area contributed by atoms with Crippen LogP contribution in [0.3, 0.4) is 0 Å². The summed E-state index contributed by atoms with van der Waals surface area (Å²) >= 11 is 0. The Hall–Kier alpha value is -0.110. The van der Waals surface area contributed by atoms with Crippen molar-refractivity contribution in [2.75, 3.05) is 20.1 Å². The lowest BCUT2D eigenvalue weighted by atomic mass is 10.2. The van der Waals surface area contributed by atoms with Gasteiger partial charge in [0.05, 0.1) is 0 Å². The molecule has 1 heterocycles. The summed E-state index contributed by atoms with van der Waals surface area (Å²) in [5, 5.41) is 0. The van der Waals surface area contributed by atoms with Gasteiger partial charge in [0.15, 0.2) is 0 Å². The van der Waals surface area contributed by atoms with Crippen LogP contribution in [-0.4, -0.2) is 31.2 Å². The second kappa shape index (κ2) is 3.84. The highest BCUT2D eigenvalue weighted by molar-refractivity contribution is 4.74. The normalized spacial score (nSPS) is 21.0. The third-order valence-corrected chi connectivity index (χ3v) is 1.02. The van der Waals surface area contributed by atoms with E-state index in [2.05, 4.69) is 0 Å². The number of rotatable bonds is 0. The van der Waals surface area contributed by atoms with Crippen molar-refractivity contribution in [2.45, 2.75) is 20.0 Å². The lowest BCUT2D eigenvalue weighted by Gasteiger charge is -2.29. The van der Waals surface area contributed by atoms with Gasteiger partial charge in [0.25, 0.3) is 0 Å². The summed E-state index contributed by atoms with van der Waals surface area (Å²) < 4.78 is 11.7. The fraction of sp³-hybridized carbons (Fsp3) is 1.00. The fourth-order valence-electron chi connectivity index (χ4n) is 0.623. The lowest BCUT2D eigenvalue weighted by Crippen LogP contribution is -2.45. The molecule has 2 heteroatoms. The molecule has 0 spiro atoms. The van der Waals surface area contributed by atoms with Crippen LogP contribution in [0.15, 0.2) is 0 Å². The van der Waals surface area contributed by atoms with Gasteiger partial charge < -0.3 is 4.90 Å². The van der Waals surface area contributed by atoms with Gasteiger partial charge in [-0.25, -0.2) is 4.39 Å². The van der Waals surface area contributed by atoms with Crippen molar-refractivity contribution in [3.05, 3.63) is 0 Å². The van der Waals surface area contributed by atoms with Crippen molar-refractivity contribution in [3.8, 4) is 0 Å². The topological polar surface area (TPSA) is 3.24 Å². The Balaban J connectivity index is 0.000000222. The Labute approximate surface area is 50.5 Å². The van der Waals surface area contributed by atoms with Gasteiger partial charge in [-0.2, -0.15) is 0 Å². The first kappa shape index (κ1) is 7.89. The molecular weight excluding hydrogens is 105 g/mol. The van der Waals surface area contributed by atoms with E-state index >= 15 is 0 Å². The molecule has 0 unspecified atom stereocenters. The van der Waals surface area contributed by atoms with Crippen molar-refractivity contribution in [1.29, 1.82) is 0 Å². The van der Waals surface area contributed by atoms with Crippen LogP contribution >= 0.6 is 0 Å². The summed E-state index contributed by atoms with van der Waals surface area (Å²) in [5.41, 5.74) is 0. The highest BCUT2D eigenvalue weighted by Crippen LogP contribution is 2.05. The van der Waals surface area contributed by atoms with Crippen molar-refractivity contribution < 1.29 is 4.39 Å². The maximum atomic E-state index is 11.7. The summed E-state index contributed by atoms with van der Waals surface area (Å²) in [4.78, 5) is 1.95. The molecule has 1 fully saturated rings. The van der Waals surface area contributed by atoms with E-state index in [1.54, 1.807) is 0 Å². The number of hydrogen-bond donors (Lipinski definition) is 0. The first-order chi connectivity index (χ1) is 3.79. The number of nitrogens with zero attached hydrogens (tertiary/aromatic N) is 1. The molecule has 1 rings (SSSR count). The number of hydrogen-bond acceptors (Lipinski definition) is 1. The molecule has 0 aromatic rings. The van der Waals surface area contributed by atoms with E-state index in [0.717, 1.165) is 0 Å². The minimum Gasteiger partial charge on any atom is -0.300 e. The summed E-state index contributed by atoms with van der Waals surface area (Å²) in [7, 11) is 1.91. The largest absolute Gasteiger partial charge is 0.300 e. The smallest absolute Gasteiger partial charge is 0.125 e. The van der Waals surface area contributed by atoms with Crippen LogP contribution in [0.4, 0.5) is 4.39 Å². The third-order valence-electron chi connectivity index (χ3n) is 1.02. The molecular formula is C6H14FN. The van der Waals surface area contributed by atoms with Gasteiger partial charge in [0.1, 0.15) is 6.17 Å². The minimum atomic E-state index is -0.532.